The van der Waals surface area contributed by atoms with Crippen LogP contribution in [-0.2, 0) is 11.2 Å². The lowest BCUT2D eigenvalue weighted by Crippen LogP contribution is -2.13. The molecule has 1 amide bonds. The summed E-state index contributed by atoms with van der Waals surface area (Å²) in [5.74, 6) is -0.288. The maximum Gasteiger partial charge on any atom is 0.221 e. The molecule has 2 N–H and O–H groups in total. The summed E-state index contributed by atoms with van der Waals surface area (Å²) in [7, 11) is 1.50. The van der Waals surface area contributed by atoms with E-state index in [1.165, 1.54) is 19.2 Å². The molecule has 0 saturated heterocycles. The molecule has 0 atom stereocenters. The number of aryl methyl sites for hydroxylation is 1. The molecule has 0 aliphatic carbocycles. The van der Waals surface area contributed by atoms with Crippen LogP contribution in [0.15, 0.2) is 42.5 Å². The highest BCUT2D eigenvalue weighted by atomic mass is 19.1. The number of methoxy groups -OCH3 is 1. The predicted octanol–water partition coefficient (Wildman–Crippen LogP) is 3.39. The molecule has 4 nitrogen and oxygen atoms in total. The number of carbonyl (C=O) groups is 1. The molecule has 1 aromatic heterocycles. The number of ether oxygens (including phenoxy) is 1. The van der Waals surface area contributed by atoms with Gasteiger partial charge in [-0.05, 0) is 48.4 Å². The van der Waals surface area contributed by atoms with E-state index >= 15 is 0 Å². The van der Waals surface area contributed by atoms with Crippen LogP contribution in [0.3, 0.4) is 0 Å². The number of halogens is 1. The maximum atomic E-state index is 13.4. The maximum absolute atomic E-state index is 13.4. The van der Waals surface area contributed by atoms with Crippen LogP contribution >= 0.6 is 0 Å². The fourth-order valence-corrected chi connectivity index (χ4v) is 2.77. The number of pyridine rings is 1. The predicted molar refractivity (Wildman–Crippen MR) is 91.3 cm³/mol. The summed E-state index contributed by atoms with van der Waals surface area (Å²) in [6, 6.07) is 11.9. The highest BCUT2D eigenvalue weighted by Crippen LogP contribution is 2.32. The van der Waals surface area contributed by atoms with Crippen molar-refractivity contribution in [1.29, 1.82) is 0 Å². The van der Waals surface area contributed by atoms with Crippen molar-refractivity contribution in [3.05, 3.63) is 59.4 Å². The van der Waals surface area contributed by atoms with Gasteiger partial charge < -0.3 is 10.5 Å². The van der Waals surface area contributed by atoms with Crippen LogP contribution in [0.25, 0.3) is 22.2 Å². The summed E-state index contributed by atoms with van der Waals surface area (Å²) in [6.07, 6.45) is 0.197. The Morgan fingerprint density at radius 1 is 1.21 bits per heavy atom. The van der Waals surface area contributed by atoms with Gasteiger partial charge in [0.2, 0.25) is 5.91 Å². The molecular formula is C19H17FN2O2. The Morgan fingerprint density at radius 3 is 2.71 bits per heavy atom. The molecule has 0 aliphatic rings. The average molecular weight is 324 g/mol. The van der Waals surface area contributed by atoms with E-state index in [-0.39, 0.29) is 18.1 Å². The molecule has 2 aromatic carbocycles. The number of nitrogens with zero attached hydrogens (tertiary/aromatic N) is 1. The lowest BCUT2D eigenvalue weighted by molar-refractivity contribution is -0.117. The van der Waals surface area contributed by atoms with Crippen LogP contribution in [0.5, 0.6) is 5.75 Å². The van der Waals surface area contributed by atoms with Gasteiger partial charge >= 0.3 is 0 Å². The molecule has 0 spiro atoms. The Bertz CT molecular complexity index is 938. The lowest BCUT2D eigenvalue weighted by atomic mass is 10.0. The summed E-state index contributed by atoms with van der Waals surface area (Å²) >= 11 is 0. The Balaban J connectivity index is 2.13. The third-order valence-corrected chi connectivity index (χ3v) is 3.90. The first kappa shape index (κ1) is 15.9. The molecule has 1 heterocycles. The van der Waals surface area contributed by atoms with Gasteiger partial charge in [-0.3, -0.25) is 4.79 Å². The minimum atomic E-state index is -0.368. The molecule has 0 saturated carbocycles. The summed E-state index contributed by atoms with van der Waals surface area (Å²) in [6.45, 7) is 1.97. The molecule has 0 fully saturated rings. The van der Waals surface area contributed by atoms with Gasteiger partial charge in [0.1, 0.15) is 11.6 Å². The first-order chi connectivity index (χ1) is 11.5. The number of nitrogens with two attached hydrogens (primary N) is 1. The molecule has 24 heavy (non-hydrogen) atoms. The van der Waals surface area contributed by atoms with Gasteiger partial charge in [0, 0.05) is 17.0 Å². The zero-order valence-corrected chi connectivity index (χ0v) is 13.5. The zero-order chi connectivity index (χ0) is 17.3. The van der Waals surface area contributed by atoms with E-state index in [4.69, 9.17) is 10.5 Å². The quantitative estimate of drug-likeness (QED) is 0.800. The van der Waals surface area contributed by atoms with Crippen molar-refractivity contribution in [2.24, 2.45) is 5.73 Å². The monoisotopic (exact) mass is 324 g/mol. The molecule has 0 bridgehead atoms. The number of amides is 1. The van der Waals surface area contributed by atoms with Crippen molar-refractivity contribution in [1.82, 2.24) is 4.98 Å². The van der Waals surface area contributed by atoms with E-state index in [2.05, 4.69) is 4.98 Å². The van der Waals surface area contributed by atoms with Crippen molar-refractivity contribution in [3.8, 4) is 17.0 Å². The van der Waals surface area contributed by atoms with Crippen LogP contribution in [0.4, 0.5) is 4.39 Å². The van der Waals surface area contributed by atoms with Crippen LogP contribution in [0.2, 0.25) is 0 Å². The standard InChI is InChI=1S/C19H17FN2O2/c1-11-7-17(14-5-4-13(20)10-18(14)24-2)22-16-6-3-12(8-15(11)16)9-19(21)23/h3-8,10H,9H2,1-2H3,(H2,21,23). The lowest BCUT2D eigenvalue weighted by Gasteiger charge is -2.11. The average Bonchev–Trinajstić information content (AvgIpc) is 2.54. The molecule has 5 heteroatoms. The SMILES string of the molecule is COc1cc(F)ccc1-c1cc(C)c2cc(CC(N)=O)ccc2n1. The van der Waals surface area contributed by atoms with Crippen molar-refractivity contribution < 1.29 is 13.9 Å². The van der Waals surface area contributed by atoms with Crippen LogP contribution in [-0.4, -0.2) is 18.0 Å². The van der Waals surface area contributed by atoms with Crippen LogP contribution < -0.4 is 10.5 Å². The summed E-state index contributed by atoms with van der Waals surface area (Å²) < 4.78 is 18.7. The Labute approximate surface area is 139 Å². The molecule has 0 aliphatic heterocycles. The van der Waals surface area contributed by atoms with E-state index in [0.717, 1.165) is 27.6 Å². The van der Waals surface area contributed by atoms with E-state index in [9.17, 15) is 9.18 Å². The third-order valence-electron chi connectivity index (χ3n) is 3.90. The number of primary amides is 1. The smallest absolute Gasteiger partial charge is 0.221 e. The molecular weight excluding hydrogens is 307 g/mol. The minimum Gasteiger partial charge on any atom is -0.496 e. The number of rotatable bonds is 4. The summed E-state index contributed by atoms with van der Waals surface area (Å²) in [5.41, 5.74) is 9.34. The topological polar surface area (TPSA) is 65.2 Å². The summed E-state index contributed by atoms with van der Waals surface area (Å²) in [4.78, 5) is 15.7. The van der Waals surface area contributed by atoms with Crippen LogP contribution in [0, 0.1) is 12.7 Å². The van der Waals surface area contributed by atoms with Crippen molar-refractivity contribution in [2.45, 2.75) is 13.3 Å². The minimum absolute atomic E-state index is 0.197. The zero-order valence-electron chi connectivity index (χ0n) is 13.5. The number of benzene rings is 2. The normalized spacial score (nSPS) is 10.8. The number of hydrogen-bond donors (Lipinski definition) is 1. The second kappa shape index (κ2) is 6.28. The number of hydrogen-bond acceptors (Lipinski definition) is 3. The van der Waals surface area contributed by atoms with Gasteiger partial charge in [-0.2, -0.15) is 0 Å². The summed E-state index contributed by atoms with van der Waals surface area (Å²) in [5, 5.41) is 0.957. The fraction of sp³-hybridized carbons (Fsp3) is 0.158. The second-order valence-electron chi connectivity index (χ2n) is 5.66. The molecule has 0 radical (unpaired) electrons. The van der Waals surface area contributed by atoms with Gasteiger partial charge in [0.25, 0.3) is 0 Å². The highest BCUT2D eigenvalue weighted by molar-refractivity contribution is 5.87. The number of aromatic nitrogens is 1. The second-order valence-corrected chi connectivity index (χ2v) is 5.66. The molecule has 3 aromatic rings. The van der Waals surface area contributed by atoms with Crippen LogP contribution in [0.1, 0.15) is 11.1 Å². The number of carbonyl (C=O) groups excluding carboxylic acids is 1. The van der Waals surface area contributed by atoms with E-state index in [1.807, 2.05) is 31.2 Å². The van der Waals surface area contributed by atoms with Crippen molar-refractivity contribution in [3.63, 3.8) is 0 Å². The van der Waals surface area contributed by atoms with Crippen molar-refractivity contribution >= 4 is 16.8 Å². The van der Waals surface area contributed by atoms with Gasteiger partial charge in [0.15, 0.2) is 0 Å². The number of fused-ring (bicyclic) bond motifs is 1. The Morgan fingerprint density at radius 2 is 2.00 bits per heavy atom. The molecule has 0 unspecified atom stereocenters. The highest BCUT2D eigenvalue weighted by Gasteiger charge is 2.11. The third kappa shape index (κ3) is 3.06. The first-order valence-electron chi connectivity index (χ1n) is 7.50. The Kier molecular flexibility index (Phi) is 4.16. The van der Waals surface area contributed by atoms with E-state index in [0.29, 0.717) is 11.4 Å². The van der Waals surface area contributed by atoms with Crippen molar-refractivity contribution in [2.75, 3.05) is 7.11 Å². The largest absolute Gasteiger partial charge is 0.496 e. The molecule has 3 rings (SSSR count). The Hall–Kier alpha value is -2.95. The van der Waals surface area contributed by atoms with Gasteiger partial charge in [-0.1, -0.05) is 6.07 Å². The first-order valence-corrected chi connectivity index (χ1v) is 7.50. The van der Waals surface area contributed by atoms with E-state index in [1.54, 1.807) is 6.07 Å². The van der Waals surface area contributed by atoms with Gasteiger partial charge in [-0.15, -0.1) is 0 Å². The van der Waals surface area contributed by atoms with Gasteiger partial charge in [-0.25, -0.2) is 9.37 Å². The van der Waals surface area contributed by atoms with Gasteiger partial charge in [0.05, 0.1) is 24.7 Å². The fourth-order valence-electron chi connectivity index (χ4n) is 2.77. The molecule has 122 valence electrons. The van der Waals surface area contributed by atoms with E-state index < -0.39 is 0 Å².